The van der Waals surface area contributed by atoms with Crippen LogP contribution in [0.1, 0.15) is 19.8 Å². The second-order valence-corrected chi connectivity index (χ2v) is 7.28. The number of nitrogens with zero attached hydrogens (tertiary/aromatic N) is 3. The fourth-order valence-corrected chi connectivity index (χ4v) is 3.60. The van der Waals surface area contributed by atoms with Crippen LogP contribution in [0.15, 0.2) is 29.3 Å². The van der Waals surface area contributed by atoms with E-state index < -0.39 is 18.0 Å². The molecule has 0 radical (unpaired) electrons. The fraction of sp³-hybridized carbons (Fsp3) is 0.450. The molecule has 0 spiro atoms. The predicted octanol–water partition coefficient (Wildman–Crippen LogP) is 2.95. The van der Waals surface area contributed by atoms with Gasteiger partial charge in [-0.05, 0) is 38.0 Å². The first-order valence-corrected chi connectivity index (χ1v) is 9.90. The molecule has 0 aromatic heterocycles. The number of alkyl halides is 1. The third-order valence-corrected chi connectivity index (χ3v) is 5.41. The van der Waals surface area contributed by atoms with Gasteiger partial charge in [-0.3, -0.25) is 9.69 Å². The highest BCUT2D eigenvalue weighted by molar-refractivity contribution is 6.27. The average Bonchev–Trinajstić information content (AvgIpc) is 3.12. The lowest BCUT2D eigenvalue weighted by atomic mass is 9.99. The Morgan fingerprint density at radius 3 is 2.76 bits per heavy atom. The zero-order chi connectivity index (χ0) is 21.0. The summed E-state index contributed by atoms with van der Waals surface area (Å²) in [4.78, 5) is 26.7. The number of carbonyl (C=O) groups excluding carboxylic acids is 2. The number of anilines is 2. The molecule has 1 aromatic rings. The zero-order valence-corrected chi connectivity index (χ0v) is 16.8. The normalized spacial score (nSPS) is 19.0. The van der Waals surface area contributed by atoms with Crippen molar-refractivity contribution in [2.45, 2.75) is 25.9 Å². The van der Waals surface area contributed by atoms with E-state index in [0.717, 1.165) is 24.0 Å². The first-order chi connectivity index (χ1) is 13.9. The van der Waals surface area contributed by atoms with Gasteiger partial charge >= 0.3 is 6.09 Å². The summed E-state index contributed by atoms with van der Waals surface area (Å²) in [6.07, 6.45) is 0.360. The number of cyclic esters (lactones) is 1. The lowest BCUT2D eigenvalue weighted by Gasteiger charge is -2.31. The van der Waals surface area contributed by atoms with E-state index in [1.54, 1.807) is 12.1 Å². The van der Waals surface area contributed by atoms with Crippen molar-refractivity contribution in [3.05, 3.63) is 35.2 Å². The van der Waals surface area contributed by atoms with Crippen LogP contribution in [0.4, 0.5) is 20.6 Å². The zero-order valence-electron chi connectivity index (χ0n) is 16.1. The van der Waals surface area contributed by atoms with E-state index in [-0.39, 0.29) is 24.9 Å². The molecule has 1 N–H and O–H groups in total. The molecule has 2 aliphatic rings. The molecular formula is C20H22ClFN4O3. The summed E-state index contributed by atoms with van der Waals surface area (Å²) < 4.78 is 20.0. The Morgan fingerprint density at radius 2 is 2.14 bits per heavy atom. The average molecular weight is 421 g/mol. The quantitative estimate of drug-likeness (QED) is 0.584. The monoisotopic (exact) mass is 420 g/mol. The Balaban J connectivity index is 1.65. The van der Waals surface area contributed by atoms with Crippen molar-refractivity contribution in [1.29, 1.82) is 5.26 Å². The molecule has 0 aliphatic carbocycles. The number of benzene rings is 1. The summed E-state index contributed by atoms with van der Waals surface area (Å²) in [6.45, 7) is 3.45. The Hall–Kier alpha value is -2.79. The van der Waals surface area contributed by atoms with Gasteiger partial charge in [-0.1, -0.05) is 5.57 Å². The molecule has 2 amide bonds. The molecule has 2 heterocycles. The van der Waals surface area contributed by atoms with Crippen LogP contribution in [-0.2, 0) is 9.53 Å². The second-order valence-electron chi connectivity index (χ2n) is 7.02. The van der Waals surface area contributed by atoms with E-state index in [1.807, 2.05) is 11.8 Å². The molecule has 3 rings (SSSR count). The van der Waals surface area contributed by atoms with Gasteiger partial charge in [0.15, 0.2) is 0 Å². The van der Waals surface area contributed by atoms with E-state index >= 15 is 0 Å². The van der Waals surface area contributed by atoms with Gasteiger partial charge in [-0.25, -0.2) is 9.18 Å². The fourth-order valence-electron chi connectivity index (χ4n) is 3.51. The van der Waals surface area contributed by atoms with Crippen LogP contribution in [0.2, 0.25) is 0 Å². The number of rotatable bonds is 5. The molecule has 29 heavy (non-hydrogen) atoms. The van der Waals surface area contributed by atoms with Gasteiger partial charge in [0.05, 0.1) is 30.5 Å². The lowest BCUT2D eigenvalue weighted by molar-refractivity contribution is -0.119. The van der Waals surface area contributed by atoms with Crippen molar-refractivity contribution in [1.82, 2.24) is 5.32 Å². The van der Waals surface area contributed by atoms with Gasteiger partial charge in [0.1, 0.15) is 17.8 Å². The SMILES string of the molecule is CC(C#N)=C1CCN(c2ccc(N3CC(CNC(=O)CCl)OC3=O)cc2F)CC1. The maximum absolute atomic E-state index is 14.8. The van der Waals surface area contributed by atoms with Gasteiger partial charge in [0.2, 0.25) is 5.91 Å². The van der Waals surface area contributed by atoms with E-state index in [4.69, 9.17) is 21.6 Å². The molecule has 0 saturated carbocycles. The highest BCUT2D eigenvalue weighted by atomic mass is 35.5. The van der Waals surface area contributed by atoms with Crippen LogP contribution in [0.3, 0.4) is 0 Å². The number of hydrogen-bond donors (Lipinski definition) is 1. The summed E-state index contributed by atoms with van der Waals surface area (Å²) in [6, 6.07) is 6.84. The third-order valence-electron chi connectivity index (χ3n) is 5.17. The maximum atomic E-state index is 14.8. The topological polar surface area (TPSA) is 85.7 Å². The van der Waals surface area contributed by atoms with Crippen LogP contribution in [0.5, 0.6) is 0 Å². The van der Waals surface area contributed by atoms with Gasteiger partial charge < -0.3 is 15.0 Å². The minimum atomic E-state index is -0.581. The molecule has 9 heteroatoms. The van der Waals surface area contributed by atoms with Crippen molar-refractivity contribution in [2.24, 2.45) is 0 Å². The molecular weight excluding hydrogens is 399 g/mol. The number of piperidine rings is 1. The number of nitriles is 1. The van der Waals surface area contributed by atoms with Crippen LogP contribution in [0, 0.1) is 17.1 Å². The first kappa shape index (κ1) is 20.9. The van der Waals surface area contributed by atoms with E-state index in [2.05, 4.69) is 11.4 Å². The minimum absolute atomic E-state index is 0.153. The number of hydrogen-bond acceptors (Lipinski definition) is 5. The van der Waals surface area contributed by atoms with E-state index in [0.29, 0.717) is 24.5 Å². The molecule has 0 bridgehead atoms. The molecule has 154 valence electrons. The molecule has 1 aromatic carbocycles. The third kappa shape index (κ3) is 4.80. The molecule has 7 nitrogen and oxygen atoms in total. The molecule has 2 saturated heterocycles. The standard InChI is InChI=1S/C20H22ClFN4O3/c1-13(10-23)14-4-6-25(7-5-14)18-3-2-15(8-17(18)22)26-12-16(29-20(26)28)11-24-19(27)9-21/h2-3,8,16H,4-7,9,11-12H2,1H3,(H,24,27). The Bertz CT molecular complexity index is 873. The van der Waals surface area contributed by atoms with Gasteiger partial charge in [0.25, 0.3) is 0 Å². The Morgan fingerprint density at radius 1 is 1.41 bits per heavy atom. The summed E-state index contributed by atoms with van der Waals surface area (Å²) in [7, 11) is 0. The van der Waals surface area contributed by atoms with Crippen molar-refractivity contribution in [2.75, 3.05) is 41.9 Å². The predicted molar refractivity (Wildman–Crippen MR) is 108 cm³/mol. The maximum Gasteiger partial charge on any atom is 0.414 e. The van der Waals surface area contributed by atoms with Crippen molar-refractivity contribution in [3.8, 4) is 6.07 Å². The highest BCUT2D eigenvalue weighted by Gasteiger charge is 2.33. The second kappa shape index (κ2) is 9.14. The van der Waals surface area contributed by atoms with Gasteiger partial charge in [-0.2, -0.15) is 5.26 Å². The summed E-state index contributed by atoms with van der Waals surface area (Å²) in [5.41, 5.74) is 2.74. The highest BCUT2D eigenvalue weighted by Crippen LogP contribution is 2.30. The summed E-state index contributed by atoms with van der Waals surface area (Å²) in [5, 5.41) is 11.6. The number of nitrogens with one attached hydrogen (secondary N) is 1. The molecule has 2 aliphatic heterocycles. The van der Waals surface area contributed by atoms with Crippen molar-refractivity contribution >= 4 is 35.0 Å². The molecule has 1 unspecified atom stereocenters. The Labute approximate surface area is 173 Å². The minimum Gasteiger partial charge on any atom is -0.442 e. The Kier molecular flexibility index (Phi) is 6.60. The number of allylic oxidation sites excluding steroid dienone is 1. The number of amides is 2. The molecule has 2 fully saturated rings. The van der Waals surface area contributed by atoms with Crippen LogP contribution < -0.4 is 15.1 Å². The van der Waals surface area contributed by atoms with Crippen LogP contribution >= 0.6 is 11.6 Å². The van der Waals surface area contributed by atoms with Crippen molar-refractivity contribution in [3.63, 3.8) is 0 Å². The van der Waals surface area contributed by atoms with Gasteiger partial charge in [0, 0.05) is 18.7 Å². The molecule has 1 atom stereocenters. The van der Waals surface area contributed by atoms with Crippen molar-refractivity contribution < 1.29 is 18.7 Å². The smallest absolute Gasteiger partial charge is 0.414 e. The summed E-state index contributed by atoms with van der Waals surface area (Å²) >= 11 is 5.43. The number of ether oxygens (including phenoxy) is 1. The largest absolute Gasteiger partial charge is 0.442 e. The van der Waals surface area contributed by atoms with E-state index in [1.165, 1.54) is 11.0 Å². The van der Waals surface area contributed by atoms with Crippen LogP contribution in [-0.4, -0.2) is 50.2 Å². The lowest BCUT2D eigenvalue weighted by Crippen LogP contribution is -2.35. The van der Waals surface area contributed by atoms with E-state index in [9.17, 15) is 14.0 Å². The van der Waals surface area contributed by atoms with Gasteiger partial charge in [-0.15, -0.1) is 11.6 Å². The van der Waals surface area contributed by atoms with Crippen LogP contribution in [0.25, 0.3) is 0 Å². The summed E-state index contributed by atoms with van der Waals surface area (Å²) in [5.74, 6) is -0.930. The number of halogens is 2. The number of carbonyl (C=O) groups is 2. The first-order valence-electron chi connectivity index (χ1n) is 9.37.